The van der Waals surface area contributed by atoms with Crippen LogP contribution >= 0.6 is 0 Å². The first-order chi connectivity index (χ1) is 9.03. The van der Waals surface area contributed by atoms with Crippen LogP contribution in [0.4, 0.5) is 5.69 Å². The molecule has 0 aromatic heterocycles. The van der Waals surface area contributed by atoms with Crippen molar-refractivity contribution in [3.8, 4) is 11.5 Å². The number of aromatic hydroxyl groups is 1. The quantitative estimate of drug-likeness (QED) is 0.841. The minimum atomic E-state index is -3.71. The van der Waals surface area contributed by atoms with E-state index in [1.165, 1.54) is 31.4 Å². The van der Waals surface area contributed by atoms with Crippen molar-refractivity contribution in [1.82, 2.24) is 0 Å². The van der Waals surface area contributed by atoms with Gasteiger partial charge in [0.1, 0.15) is 11.5 Å². The molecule has 19 heavy (non-hydrogen) atoms. The predicted molar refractivity (Wildman–Crippen MR) is 71.9 cm³/mol. The Bertz CT molecular complexity index is 668. The fourth-order valence-corrected chi connectivity index (χ4v) is 2.62. The molecular weight excluding hydrogens is 266 g/mol. The first-order valence-electron chi connectivity index (χ1n) is 5.48. The summed E-state index contributed by atoms with van der Waals surface area (Å²) < 4.78 is 31.4. The van der Waals surface area contributed by atoms with Crippen molar-refractivity contribution in [2.45, 2.75) is 4.90 Å². The molecule has 100 valence electrons. The van der Waals surface area contributed by atoms with E-state index >= 15 is 0 Å². The van der Waals surface area contributed by atoms with Gasteiger partial charge >= 0.3 is 0 Å². The SMILES string of the molecule is COc1ccc(NS(=O)(=O)c2ccccc2)c(O)c1. The standard InChI is InChI=1S/C13H13NO4S/c1-18-10-7-8-12(13(15)9-10)14-19(16,17)11-5-3-2-4-6-11/h2-9,14-15H,1H3. The van der Waals surface area contributed by atoms with Crippen LogP contribution in [0.5, 0.6) is 11.5 Å². The maximum Gasteiger partial charge on any atom is 0.262 e. The molecule has 5 nitrogen and oxygen atoms in total. The van der Waals surface area contributed by atoms with Gasteiger partial charge in [0.05, 0.1) is 17.7 Å². The van der Waals surface area contributed by atoms with Crippen LogP contribution in [0, 0.1) is 0 Å². The van der Waals surface area contributed by atoms with Crippen LogP contribution in [0.15, 0.2) is 53.4 Å². The largest absolute Gasteiger partial charge is 0.506 e. The average Bonchev–Trinajstić information content (AvgIpc) is 2.42. The van der Waals surface area contributed by atoms with Crippen LogP contribution in [-0.4, -0.2) is 20.6 Å². The monoisotopic (exact) mass is 279 g/mol. The molecule has 6 heteroatoms. The number of sulfonamides is 1. The minimum Gasteiger partial charge on any atom is -0.506 e. The van der Waals surface area contributed by atoms with Gasteiger partial charge in [0.15, 0.2) is 0 Å². The summed E-state index contributed by atoms with van der Waals surface area (Å²) in [7, 11) is -2.25. The molecule has 0 saturated carbocycles. The highest BCUT2D eigenvalue weighted by Gasteiger charge is 2.15. The van der Waals surface area contributed by atoms with Crippen LogP contribution in [0.3, 0.4) is 0 Å². The summed E-state index contributed by atoms with van der Waals surface area (Å²) in [6, 6.07) is 12.3. The molecule has 0 unspecified atom stereocenters. The summed E-state index contributed by atoms with van der Waals surface area (Å²) in [5.41, 5.74) is 0.102. The summed E-state index contributed by atoms with van der Waals surface area (Å²) in [6.07, 6.45) is 0. The highest BCUT2D eigenvalue weighted by Crippen LogP contribution is 2.29. The average molecular weight is 279 g/mol. The van der Waals surface area contributed by atoms with Crippen LogP contribution in [-0.2, 0) is 10.0 Å². The molecule has 2 N–H and O–H groups in total. The molecule has 0 bridgehead atoms. The molecule has 2 aromatic carbocycles. The highest BCUT2D eigenvalue weighted by atomic mass is 32.2. The molecule has 2 rings (SSSR count). The molecular formula is C13H13NO4S. The van der Waals surface area contributed by atoms with E-state index in [1.807, 2.05) is 0 Å². The Morgan fingerprint density at radius 3 is 2.37 bits per heavy atom. The Balaban J connectivity index is 2.31. The summed E-state index contributed by atoms with van der Waals surface area (Å²) >= 11 is 0. The van der Waals surface area contributed by atoms with Gasteiger partial charge < -0.3 is 9.84 Å². The summed E-state index contributed by atoms with van der Waals surface area (Å²) in [4.78, 5) is 0.130. The van der Waals surface area contributed by atoms with Gasteiger partial charge in [0.2, 0.25) is 0 Å². The van der Waals surface area contributed by atoms with Gasteiger partial charge in [-0.25, -0.2) is 8.42 Å². The second-order valence-electron chi connectivity index (χ2n) is 3.80. The third-order valence-corrected chi connectivity index (χ3v) is 3.88. The number of phenols is 1. The smallest absolute Gasteiger partial charge is 0.262 e. The maximum atomic E-state index is 12.1. The van der Waals surface area contributed by atoms with E-state index in [0.717, 1.165) is 0 Å². The highest BCUT2D eigenvalue weighted by molar-refractivity contribution is 7.92. The molecule has 0 amide bonds. The van der Waals surface area contributed by atoms with Crippen molar-refractivity contribution < 1.29 is 18.3 Å². The molecule has 0 radical (unpaired) electrons. The first-order valence-corrected chi connectivity index (χ1v) is 6.96. The van der Waals surface area contributed by atoms with Crippen LogP contribution in [0.1, 0.15) is 0 Å². The normalized spacial score (nSPS) is 11.0. The number of anilines is 1. The number of hydrogen-bond donors (Lipinski definition) is 2. The Morgan fingerprint density at radius 2 is 1.79 bits per heavy atom. The van der Waals surface area contributed by atoms with E-state index in [1.54, 1.807) is 24.3 Å². The van der Waals surface area contributed by atoms with Crippen molar-refractivity contribution in [2.24, 2.45) is 0 Å². The molecule has 0 aliphatic heterocycles. The molecule has 0 aliphatic rings. The second-order valence-corrected chi connectivity index (χ2v) is 5.48. The van der Waals surface area contributed by atoms with E-state index in [9.17, 15) is 13.5 Å². The molecule has 0 heterocycles. The zero-order valence-electron chi connectivity index (χ0n) is 10.2. The van der Waals surface area contributed by atoms with Crippen LogP contribution < -0.4 is 9.46 Å². The second kappa shape index (κ2) is 5.19. The fourth-order valence-electron chi connectivity index (χ4n) is 1.53. The molecule has 0 fully saturated rings. The van der Waals surface area contributed by atoms with E-state index < -0.39 is 10.0 Å². The Labute approximate surface area is 111 Å². The Morgan fingerprint density at radius 1 is 1.11 bits per heavy atom. The third-order valence-electron chi connectivity index (χ3n) is 2.50. The number of ether oxygens (including phenoxy) is 1. The van der Waals surface area contributed by atoms with Crippen molar-refractivity contribution in [1.29, 1.82) is 0 Å². The Kier molecular flexibility index (Phi) is 3.62. The van der Waals surface area contributed by atoms with E-state index in [0.29, 0.717) is 5.75 Å². The lowest BCUT2D eigenvalue weighted by atomic mass is 10.3. The summed E-state index contributed by atoms with van der Waals surface area (Å²) in [6.45, 7) is 0. The number of nitrogens with one attached hydrogen (secondary N) is 1. The Hall–Kier alpha value is -2.21. The van der Waals surface area contributed by atoms with Gasteiger partial charge in [0.25, 0.3) is 10.0 Å². The zero-order chi connectivity index (χ0) is 13.9. The topological polar surface area (TPSA) is 75.6 Å². The van der Waals surface area contributed by atoms with E-state index in [2.05, 4.69) is 4.72 Å². The van der Waals surface area contributed by atoms with E-state index in [4.69, 9.17) is 4.74 Å². The van der Waals surface area contributed by atoms with Gasteiger partial charge in [-0.05, 0) is 24.3 Å². The number of phenolic OH excluding ortho intramolecular Hbond substituents is 1. The molecule has 0 saturated heterocycles. The fraction of sp³-hybridized carbons (Fsp3) is 0.0769. The summed E-state index contributed by atoms with van der Waals surface area (Å²) in [5.74, 6) is 0.249. The maximum absolute atomic E-state index is 12.1. The lowest BCUT2D eigenvalue weighted by Gasteiger charge is -2.10. The van der Waals surface area contributed by atoms with Crippen LogP contribution in [0.2, 0.25) is 0 Å². The minimum absolute atomic E-state index is 0.102. The molecule has 2 aromatic rings. The lowest BCUT2D eigenvalue weighted by molar-refractivity contribution is 0.408. The molecule has 0 aliphatic carbocycles. The summed E-state index contributed by atoms with van der Waals surface area (Å²) in [5, 5.41) is 9.73. The van der Waals surface area contributed by atoms with Crippen molar-refractivity contribution in [3.05, 3.63) is 48.5 Å². The van der Waals surface area contributed by atoms with Crippen molar-refractivity contribution in [2.75, 3.05) is 11.8 Å². The predicted octanol–water partition coefficient (Wildman–Crippen LogP) is 2.20. The number of rotatable bonds is 4. The van der Waals surface area contributed by atoms with Gasteiger partial charge in [-0.15, -0.1) is 0 Å². The lowest BCUT2D eigenvalue weighted by Crippen LogP contribution is -2.12. The third kappa shape index (κ3) is 2.97. The molecule has 0 spiro atoms. The van der Waals surface area contributed by atoms with Crippen LogP contribution in [0.25, 0.3) is 0 Å². The first kappa shape index (κ1) is 13.2. The van der Waals surface area contributed by atoms with Crippen molar-refractivity contribution in [3.63, 3.8) is 0 Å². The number of benzene rings is 2. The zero-order valence-corrected chi connectivity index (χ0v) is 11.0. The van der Waals surface area contributed by atoms with E-state index in [-0.39, 0.29) is 16.3 Å². The van der Waals surface area contributed by atoms with Gasteiger partial charge in [0, 0.05) is 6.07 Å². The van der Waals surface area contributed by atoms with Gasteiger partial charge in [-0.1, -0.05) is 18.2 Å². The van der Waals surface area contributed by atoms with Gasteiger partial charge in [-0.3, -0.25) is 4.72 Å². The number of methoxy groups -OCH3 is 1. The number of hydrogen-bond acceptors (Lipinski definition) is 4. The van der Waals surface area contributed by atoms with Crippen molar-refractivity contribution >= 4 is 15.7 Å². The van der Waals surface area contributed by atoms with Gasteiger partial charge in [-0.2, -0.15) is 0 Å². The molecule has 0 atom stereocenters.